The lowest BCUT2D eigenvalue weighted by Crippen LogP contribution is -2.22. The molecule has 0 aromatic carbocycles. The van der Waals surface area contributed by atoms with Crippen LogP contribution in [0.15, 0.2) is 12.3 Å². The first-order chi connectivity index (χ1) is 5.11. The Kier molecular flexibility index (Phi) is 1.94. The number of anilines is 2. The van der Waals surface area contributed by atoms with Gasteiger partial charge in [0, 0.05) is 12.2 Å². The van der Waals surface area contributed by atoms with Crippen LogP contribution in [-0.2, 0) is 0 Å². The standard InChI is InChI=1S/C7H14N4/c1-5(2)10-11-4-3-6(8)7(11)9/h3-5,10H,8-9H2,1-2H3. The van der Waals surface area contributed by atoms with E-state index in [0.717, 1.165) is 0 Å². The van der Waals surface area contributed by atoms with Gasteiger partial charge in [-0.25, -0.2) is 4.68 Å². The summed E-state index contributed by atoms with van der Waals surface area (Å²) < 4.78 is 1.72. The first-order valence-corrected chi connectivity index (χ1v) is 3.60. The number of aromatic nitrogens is 1. The van der Waals surface area contributed by atoms with Crippen LogP contribution in [0.1, 0.15) is 13.8 Å². The highest BCUT2D eigenvalue weighted by molar-refractivity contribution is 5.59. The molecule has 0 aliphatic heterocycles. The van der Waals surface area contributed by atoms with Crippen LogP contribution in [0, 0.1) is 0 Å². The molecule has 1 aromatic heterocycles. The van der Waals surface area contributed by atoms with Crippen molar-refractivity contribution in [3.63, 3.8) is 0 Å². The average molecular weight is 154 g/mol. The molecule has 4 heteroatoms. The summed E-state index contributed by atoms with van der Waals surface area (Å²) in [5.41, 5.74) is 14.9. The molecule has 0 atom stereocenters. The number of nitrogens with zero attached hydrogens (tertiary/aromatic N) is 1. The zero-order valence-electron chi connectivity index (χ0n) is 6.83. The molecule has 0 amide bonds. The van der Waals surface area contributed by atoms with Gasteiger partial charge in [0.25, 0.3) is 0 Å². The monoisotopic (exact) mass is 154 g/mol. The third kappa shape index (κ3) is 1.58. The van der Waals surface area contributed by atoms with E-state index >= 15 is 0 Å². The maximum Gasteiger partial charge on any atom is 0.145 e. The van der Waals surface area contributed by atoms with Gasteiger partial charge in [-0.15, -0.1) is 0 Å². The lowest BCUT2D eigenvalue weighted by molar-refractivity contribution is 0.746. The van der Waals surface area contributed by atoms with Crippen molar-refractivity contribution in [2.45, 2.75) is 19.9 Å². The zero-order valence-corrected chi connectivity index (χ0v) is 6.83. The molecule has 0 bridgehead atoms. The van der Waals surface area contributed by atoms with Crippen LogP contribution in [0.5, 0.6) is 0 Å². The van der Waals surface area contributed by atoms with Gasteiger partial charge in [-0.1, -0.05) is 0 Å². The van der Waals surface area contributed by atoms with Crippen LogP contribution in [0.3, 0.4) is 0 Å². The van der Waals surface area contributed by atoms with E-state index < -0.39 is 0 Å². The first kappa shape index (κ1) is 7.78. The van der Waals surface area contributed by atoms with Gasteiger partial charge in [0.05, 0.1) is 5.69 Å². The summed E-state index contributed by atoms with van der Waals surface area (Å²) in [5, 5.41) is 0. The second-order valence-electron chi connectivity index (χ2n) is 2.81. The van der Waals surface area contributed by atoms with Crippen LogP contribution in [0.2, 0.25) is 0 Å². The maximum atomic E-state index is 5.63. The molecule has 0 saturated heterocycles. The summed E-state index contributed by atoms with van der Waals surface area (Å²) in [5.74, 6) is 0.568. The van der Waals surface area contributed by atoms with E-state index in [-0.39, 0.29) is 0 Å². The van der Waals surface area contributed by atoms with Crippen molar-refractivity contribution in [1.29, 1.82) is 0 Å². The van der Waals surface area contributed by atoms with Gasteiger partial charge in [-0.2, -0.15) is 0 Å². The van der Waals surface area contributed by atoms with E-state index in [9.17, 15) is 0 Å². The summed E-state index contributed by atoms with van der Waals surface area (Å²) in [6.07, 6.45) is 1.81. The van der Waals surface area contributed by atoms with Crippen molar-refractivity contribution in [3.8, 4) is 0 Å². The predicted molar refractivity (Wildman–Crippen MR) is 47.8 cm³/mol. The maximum absolute atomic E-state index is 5.63. The summed E-state index contributed by atoms with van der Waals surface area (Å²) in [7, 11) is 0. The molecule has 0 fully saturated rings. The summed E-state index contributed by atoms with van der Waals surface area (Å²) >= 11 is 0. The smallest absolute Gasteiger partial charge is 0.145 e. The Hall–Kier alpha value is -1.32. The molecular weight excluding hydrogens is 140 g/mol. The molecule has 62 valence electrons. The molecular formula is C7H14N4. The van der Waals surface area contributed by atoms with E-state index in [2.05, 4.69) is 5.43 Å². The molecule has 0 radical (unpaired) electrons. The van der Waals surface area contributed by atoms with Gasteiger partial charge < -0.3 is 16.9 Å². The quantitative estimate of drug-likeness (QED) is 0.584. The molecule has 0 aliphatic rings. The number of hydrogen-bond donors (Lipinski definition) is 3. The number of rotatable bonds is 2. The van der Waals surface area contributed by atoms with Crippen molar-refractivity contribution in [2.75, 3.05) is 16.9 Å². The normalized spacial score (nSPS) is 10.5. The SMILES string of the molecule is CC(C)Nn1ccc(N)c1N. The minimum Gasteiger partial charge on any atom is -0.396 e. The second kappa shape index (κ2) is 2.74. The lowest BCUT2D eigenvalue weighted by Gasteiger charge is -2.12. The third-order valence-corrected chi connectivity index (χ3v) is 1.36. The fourth-order valence-electron chi connectivity index (χ4n) is 0.850. The Morgan fingerprint density at radius 3 is 2.45 bits per heavy atom. The Morgan fingerprint density at radius 1 is 1.45 bits per heavy atom. The number of hydrogen-bond acceptors (Lipinski definition) is 3. The highest BCUT2D eigenvalue weighted by atomic mass is 15.4. The lowest BCUT2D eigenvalue weighted by atomic mass is 10.4. The summed E-state index contributed by atoms with van der Waals surface area (Å²) in [6, 6.07) is 2.12. The third-order valence-electron chi connectivity index (χ3n) is 1.36. The molecule has 1 heterocycles. The molecule has 11 heavy (non-hydrogen) atoms. The van der Waals surface area contributed by atoms with E-state index in [1.807, 2.05) is 20.0 Å². The molecule has 0 saturated carbocycles. The minimum atomic E-state index is 0.351. The van der Waals surface area contributed by atoms with E-state index in [1.54, 1.807) is 10.7 Å². The largest absolute Gasteiger partial charge is 0.396 e. The fourth-order valence-corrected chi connectivity index (χ4v) is 0.850. The summed E-state index contributed by atoms with van der Waals surface area (Å²) in [6.45, 7) is 4.07. The molecule has 4 nitrogen and oxygen atoms in total. The Morgan fingerprint density at radius 2 is 2.09 bits per heavy atom. The first-order valence-electron chi connectivity index (χ1n) is 3.60. The van der Waals surface area contributed by atoms with Gasteiger partial charge in [0.2, 0.25) is 0 Å². The van der Waals surface area contributed by atoms with Crippen molar-refractivity contribution >= 4 is 11.5 Å². The van der Waals surface area contributed by atoms with E-state index in [4.69, 9.17) is 11.5 Å². The highest BCUT2D eigenvalue weighted by Gasteiger charge is 2.01. The fraction of sp³-hybridized carbons (Fsp3) is 0.429. The molecule has 0 spiro atoms. The molecule has 0 aliphatic carbocycles. The Balaban J connectivity index is 2.79. The molecule has 0 unspecified atom stereocenters. The summed E-state index contributed by atoms with van der Waals surface area (Å²) in [4.78, 5) is 0. The van der Waals surface area contributed by atoms with Gasteiger partial charge in [0.15, 0.2) is 0 Å². The van der Waals surface area contributed by atoms with Crippen LogP contribution < -0.4 is 16.9 Å². The Labute approximate surface area is 66.1 Å². The van der Waals surface area contributed by atoms with Crippen molar-refractivity contribution in [1.82, 2.24) is 4.68 Å². The average Bonchev–Trinajstić information content (AvgIpc) is 2.18. The number of nitrogen functional groups attached to an aromatic ring is 2. The topological polar surface area (TPSA) is 69.0 Å². The van der Waals surface area contributed by atoms with Crippen LogP contribution in [0.25, 0.3) is 0 Å². The minimum absolute atomic E-state index is 0.351. The van der Waals surface area contributed by atoms with E-state index in [1.165, 1.54) is 0 Å². The van der Waals surface area contributed by atoms with Crippen LogP contribution >= 0.6 is 0 Å². The molecule has 1 aromatic rings. The van der Waals surface area contributed by atoms with Crippen LogP contribution in [-0.4, -0.2) is 10.7 Å². The number of nitrogens with one attached hydrogen (secondary N) is 1. The van der Waals surface area contributed by atoms with Gasteiger partial charge >= 0.3 is 0 Å². The van der Waals surface area contributed by atoms with Crippen molar-refractivity contribution in [2.24, 2.45) is 0 Å². The van der Waals surface area contributed by atoms with E-state index in [0.29, 0.717) is 17.5 Å². The van der Waals surface area contributed by atoms with Gasteiger partial charge in [-0.3, -0.25) is 0 Å². The van der Waals surface area contributed by atoms with Crippen LogP contribution in [0.4, 0.5) is 11.5 Å². The molecule has 5 N–H and O–H groups in total. The Bertz CT molecular complexity index is 239. The highest BCUT2D eigenvalue weighted by Crippen LogP contribution is 2.13. The predicted octanol–water partition coefficient (Wildman–Crippen LogP) is 0.604. The molecule has 1 rings (SSSR count). The van der Waals surface area contributed by atoms with Gasteiger partial charge in [0.1, 0.15) is 5.82 Å². The van der Waals surface area contributed by atoms with Crippen molar-refractivity contribution < 1.29 is 0 Å². The number of nitrogens with two attached hydrogens (primary N) is 2. The van der Waals surface area contributed by atoms with Gasteiger partial charge in [-0.05, 0) is 19.9 Å². The second-order valence-corrected chi connectivity index (χ2v) is 2.81. The zero-order chi connectivity index (χ0) is 8.43. The van der Waals surface area contributed by atoms with Crippen molar-refractivity contribution in [3.05, 3.63) is 12.3 Å².